The van der Waals surface area contributed by atoms with Crippen LogP contribution in [-0.4, -0.2) is 37.2 Å². The maximum absolute atomic E-state index is 12.8. The summed E-state index contributed by atoms with van der Waals surface area (Å²) in [4.78, 5) is 37.9. The van der Waals surface area contributed by atoms with Crippen LogP contribution >= 0.6 is 0 Å². The van der Waals surface area contributed by atoms with Crippen LogP contribution < -0.4 is 0 Å². The number of carbonyl (C=O) groups excluding carboxylic acids is 3. The highest BCUT2D eigenvalue weighted by molar-refractivity contribution is 5.71. The summed E-state index contributed by atoms with van der Waals surface area (Å²) in [5, 5.41) is 0. The summed E-state index contributed by atoms with van der Waals surface area (Å²) >= 11 is 0. The molecule has 0 radical (unpaired) electrons. The van der Waals surface area contributed by atoms with E-state index in [1.165, 1.54) is 135 Å². The number of rotatable bonds is 46. The van der Waals surface area contributed by atoms with Crippen molar-refractivity contribution in [3.8, 4) is 0 Å². The summed E-state index contributed by atoms with van der Waals surface area (Å²) in [6, 6.07) is 0. The van der Waals surface area contributed by atoms with Gasteiger partial charge in [0.05, 0.1) is 0 Å². The quantitative estimate of drug-likeness (QED) is 0.0263. The molecule has 0 fully saturated rings. The van der Waals surface area contributed by atoms with E-state index in [4.69, 9.17) is 14.2 Å². The topological polar surface area (TPSA) is 78.9 Å². The molecule has 0 aliphatic heterocycles. The fourth-order valence-corrected chi connectivity index (χ4v) is 7.28. The van der Waals surface area contributed by atoms with E-state index >= 15 is 0 Å². The summed E-state index contributed by atoms with van der Waals surface area (Å²) in [7, 11) is 0. The van der Waals surface area contributed by atoms with Gasteiger partial charge in [0.1, 0.15) is 13.2 Å². The second kappa shape index (κ2) is 49.0. The van der Waals surface area contributed by atoms with E-state index in [2.05, 4.69) is 69.4 Å². The van der Waals surface area contributed by atoms with Crippen molar-refractivity contribution >= 4 is 17.9 Å². The Bertz CT molecular complexity index is 1060. The largest absolute Gasteiger partial charge is 0.462 e. The molecule has 0 heterocycles. The molecule has 0 aromatic rings. The van der Waals surface area contributed by atoms with Crippen molar-refractivity contribution in [3.63, 3.8) is 0 Å². The lowest BCUT2D eigenvalue weighted by Gasteiger charge is -2.18. The predicted octanol–water partition coefficient (Wildman–Crippen LogP) is 16.7. The summed E-state index contributed by atoms with van der Waals surface area (Å²) < 4.78 is 16.8. The fourth-order valence-electron chi connectivity index (χ4n) is 7.28. The van der Waals surface area contributed by atoms with Crippen molar-refractivity contribution in [2.75, 3.05) is 13.2 Å². The van der Waals surface area contributed by atoms with Gasteiger partial charge in [-0.3, -0.25) is 14.4 Å². The minimum Gasteiger partial charge on any atom is -0.462 e. The van der Waals surface area contributed by atoms with Gasteiger partial charge in [0.2, 0.25) is 0 Å². The number of hydrogen-bond donors (Lipinski definition) is 0. The minimum atomic E-state index is -0.777. The molecule has 0 saturated heterocycles. The van der Waals surface area contributed by atoms with Crippen molar-refractivity contribution in [1.29, 1.82) is 0 Å². The van der Waals surface area contributed by atoms with Crippen LogP contribution in [0.25, 0.3) is 0 Å². The van der Waals surface area contributed by atoms with E-state index in [1.807, 2.05) is 0 Å². The fraction of sp³-hybridized carbons (Fsp3) is 0.796. The van der Waals surface area contributed by atoms with Crippen LogP contribution in [0, 0.1) is 0 Å². The molecule has 1 atom stereocenters. The van der Waals surface area contributed by atoms with Gasteiger partial charge in [-0.1, -0.05) is 243 Å². The maximum atomic E-state index is 12.8. The molecule has 0 aliphatic rings. The zero-order valence-electron chi connectivity index (χ0n) is 39.7. The van der Waals surface area contributed by atoms with Crippen molar-refractivity contribution in [3.05, 3.63) is 48.6 Å². The molecule has 0 aromatic heterocycles. The highest BCUT2D eigenvalue weighted by atomic mass is 16.6. The molecule has 0 aromatic carbocycles. The lowest BCUT2D eigenvalue weighted by molar-refractivity contribution is -0.167. The molecular weight excluding hydrogens is 745 g/mol. The van der Waals surface area contributed by atoms with Gasteiger partial charge in [0.15, 0.2) is 6.10 Å². The Labute approximate surface area is 371 Å². The van der Waals surface area contributed by atoms with E-state index in [9.17, 15) is 14.4 Å². The molecule has 6 heteroatoms. The Morgan fingerprint density at radius 1 is 0.333 bits per heavy atom. The average molecular weight is 841 g/mol. The summed E-state index contributed by atoms with van der Waals surface area (Å²) in [6.07, 6.45) is 58.0. The van der Waals surface area contributed by atoms with Crippen LogP contribution in [0.1, 0.15) is 258 Å². The molecule has 348 valence electrons. The Kier molecular flexibility index (Phi) is 46.9. The van der Waals surface area contributed by atoms with Crippen molar-refractivity contribution in [2.24, 2.45) is 0 Å². The number of allylic oxidation sites excluding steroid dienone is 8. The first-order valence-electron chi connectivity index (χ1n) is 25.7. The third-order valence-electron chi connectivity index (χ3n) is 11.2. The highest BCUT2D eigenvalue weighted by Crippen LogP contribution is 2.15. The Balaban J connectivity index is 4.39. The Morgan fingerprint density at radius 2 is 0.600 bits per heavy atom. The zero-order valence-corrected chi connectivity index (χ0v) is 39.7. The number of esters is 3. The zero-order chi connectivity index (χ0) is 43.7. The molecule has 0 rings (SSSR count). The highest BCUT2D eigenvalue weighted by Gasteiger charge is 2.19. The van der Waals surface area contributed by atoms with E-state index in [1.54, 1.807) is 0 Å². The van der Waals surface area contributed by atoms with Gasteiger partial charge in [-0.05, 0) is 44.9 Å². The summed E-state index contributed by atoms with van der Waals surface area (Å²) in [5.41, 5.74) is 0. The van der Waals surface area contributed by atoms with E-state index in [0.29, 0.717) is 19.3 Å². The van der Waals surface area contributed by atoms with Gasteiger partial charge in [0.25, 0.3) is 0 Å². The van der Waals surface area contributed by atoms with Gasteiger partial charge in [-0.2, -0.15) is 0 Å². The summed E-state index contributed by atoms with van der Waals surface area (Å²) in [5.74, 6) is -0.893. The van der Waals surface area contributed by atoms with Crippen LogP contribution in [0.5, 0.6) is 0 Å². The van der Waals surface area contributed by atoms with Crippen LogP contribution in [0.15, 0.2) is 48.6 Å². The molecule has 0 spiro atoms. The van der Waals surface area contributed by atoms with Crippen LogP contribution in [-0.2, 0) is 28.6 Å². The van der Waals surface area contributed by atoms with Crippen LogP contribution in [0.4, 0.5) is 0 Å². The lowest BCUT2D eigenvalue weighted by Crippen LogP contribution is -2.30. The number of hydrogen-bond acceptors (Lipinski definition) is 6. The smallest absolute Gasteiger partial charge is 0.306 e. The predicted molar refractivity (Wildman–Crippen MR) is 256 cm³/mol. The number of unbranched alkanes of at least 4 members (excludes halogenated alkanes) is 30. The molecule has 60 heavy (non-hydrogen) atoms. The minimum absolute atomic E-state index is 0.0774. The first-order chi connectivity index (χ1) is 29.5. The number of ether oxygens (including phenoxy) is 3. The standard InChI is InChI=1S/C54H96O6/c1-4-7-10-13-16-19-22-24-25-26-27-28-30-32-35-38-41-44-47-53(56)59-50-51(49-58-52(55)46-43-40-37-34-31-21-18-15-12-9-6-3)60-54(57)48-45-42-39-36-33-29-23-20-17-14-11-8-5-2/h16,19,22,24-28,51H,4-15,17-18,20-21,23,29-50H2,1-3H3/b19-16-,24-22-,26-25-,28-27-. The summed E-state index contributed by atoms with van der Waals surface area (Å²) in [6.45, 7) is 6.58. The van der Waals surface area contributed by atoms with Gasteiger partial charge in [-0.15, -0.1) is 0 Å². The third kappa shape index (κ3) is 46.4. The van der Waals surface area contributed by atoms with Gasteiger partial charge >= 0.3 is 17.9 Å². The lowest BCUT2D eigenvalue weighted by atomic mass is 10.0. The van der Waals surface area contributed by atoms with E-state index in [-0.39, 0.29) is 31.1 Å². The molecule has 0 saturated carbocycles. The van der Waals surface area contributed by atoms with Gasteiger partial charge < -0.3 is 14.2 Å². The molecule has 0 amide bonds. The Morgan fingerprint density at radius 3 is 0.967 bits per heavy atom. The van der Waals surface area contributed by atoms with Gasteiger partial charge in [0, 0.05) is 19.3 Å². The molecule has 0 aliphatic carbocycles. The monoisotopic (exact) mass is 841 g/mol. The molecule has 0 N–H and O–H groups in total. The normalized spacial score (nSPS) is 12.4. The van der Waals surface area contributed by atoms with Crippen molar-refractivity contribution < 1.29 is 28.6 Å². The van der Waals surface area contributed by atoms with Crippen molar-refractivity contribution in [2.45, 2.75) is 264 Å². The van der Waals surface area contributed by atoms with E-state index < -0.39 is 6.10 Å². The van der Waals surface area contributed by atoms with Crippen LogP contribution in [0.2, 0.25) is 0 Å². The average Bonchev–Trinajstić information content (AvgIpc) is 3.24. The SMILES string of the molecule is CCCCC\C=C/C=C\C=C/C=C\CCCCCCCC(=O)OCC(COC(=O)CCCCCCCCCCCCC)OC(=O)CCCCCCCCCCCCCCC. The first kappa shape index (κ1) is 57.4. The molecule has 0 bridgehead atoms. The molecular formula is C54H96O6. The van der Waals surface area contributed by atoms with Crippen molar-refractivity contribution in [1.82, 2.24) is 0 Å². The maximum Gasteiger partial charge on any atom is 0.306 e. The van der Waals surface area contributed by atoms with E-state index in [0.717, 1.165) is 83.5 Å². The Hall–Kier alpha value is -2.63. The van der Waals surface area contributed by atoms with Gasteiger partial charge in [-0.25, -0.2) is 0 Å². The first-order valence-corrected chi connectivity index (χ1v) is 25.7. The number of carbonyl (C=O) groups is 3. The van der Waals surface area contributed by atoms with Crippen LogP contribution in [0.3, 0.4) is 0 Å². The molecule has 1 unspecified atom stereocenters. The molecule has 6 nitrogen and oxygen atoms in total. The third-order valence-corrected chi connectivity index (χ3v) is 11.2. The second-order valence-electron chi connectivity index (χ2n) is 17.2. The second-order valence-corrected chi connectivity index (χ2v) is 17.2.